The summed E-state index contributed by atoms with van der Waals surface area (Å²) < 4.78 is 30.6. The maximum absolute atomic E-state index is 12.6. The molecule has 1 N–H and O–H groups in total. The van der Waals surface area contributed by atoms with Gasteiger partial charge < -0.3 is 10.1 Å². The van der Waals surface area contributed by atoms with E-state index >= 15 is 0 Å². The number of amides is 1. The maximum Gasteiger partial charge on any atom is 0.255 e. The minimum Gasteiger partial charge on any atom is -0.495 e. The highest BCUT2D eigenvalue weighted by Gasteiger charge is 2.32. The quantitative estimate of drug-likeness (QED) is 0.863. The molecule has 2 aromatic carbocycles. The summed E-state index contributed by atoms with van der Waals surface area (Å²) in [7, 11) is -1.85. The predicted molar refractivity (Wildman–Crippen MR) is 103 cm³/mol. The lowest BCUT2D eigenvalue weighted by molar-refractivity contribution is 0.102. The topological polar surface area (TPSA) is 75.7 Å². The van der Waals surface area contributed by atoms with Gasteiger partial charge in [-0.05, 0) is 55.3 Å². The number of anilines is 2. The summed E-state index contributed by atoms with van der Waals surface area (Å²) in [6.45, 7) is 1.84. The van der Waals surface area contributed by atoms with E-state index in [0.717, 1.165) is 5.56 Å². The molecule has 1 heterocycles. The van der Waals surface area contributed by atoms with E-state index in [9.17, 15) is 13.2 Å². The predicted octanol–water partition coefficient (Wildman–Crippen LogP) is 3.31. The third kappa shape index (κ3) is 3.50. The zero-order chi connectivity index (χ0) is 19.1. The van der Waals surface area contributed by atoms with E-state index in [2.05, 4.69) is 5.32 Å². The summed E-state index contributed by atoms with van der Waals surface area (Å²) in [5.41, 5.74) is 2.36. The molecule has 0 aliphatic carbocycles. The van der Waals surface area contributed by atoms with Crippen molar-refractivity contribution in [2.24, 2.45) is 0 Å². The van der Waals surface area contributed by atoms with Crippen LogP contribution in [-0.2, 0) is 16.4 Å². The van der Waals surface area contributed by atoms with Crippen molar-refractivity contribution in [2.75, 3.05) is 23.0 Å². The summed E-state index contributed by atoms with van der Waals surface area (Å²) in [5.74, 6) is 0.180. The first-order valence-electron chi connectivity index (χ1n) is 7.98. The zero-order valence-corrected chi connectivity index (χ0v) is 16.2. The number of halogens is 1. The minimum absolute atomic E-state index is 0.175. The van der Waals surface area contributed by atoms with Crippen molar-refractivity contribution in [3.8, 4) is 5.75 Å². The number of hydrogen-bond acceptors (Lipinski definition) is 4. The molecule has 0 aromatic heterocycles. The Hall–Kier alpha value is -2.25. The van der Waals surface area contributed by atoms with Gasteiger partial charge >= 0.3 is 0 Å². The Morgan fingerprint density at radius 2 is 2.00 bits per heavy atom. The van der Waals surface area contributed by atoms with Crippen molar-refractivity contribution in [2.45, 2.75) is 19.4 Å². The lowest BCUT2D eigenvalue weighted by atomic mass is 10.1. The monoisotopic (exact) mass is 394 g/mol. The number of fused-ring (bicyclic) bond motifs is 1. The lowest BCUT2D eigenvalue weighted by Gasteiger charge is -2.21. The van der Waals surface area contributed by atoms with Crippen LogP contribution in [0.1, 0.15) is 22.8 Å². The van der Waals surface area contributed by atoms with Crippen molar-refractivity contribution in [3.63, 3.8) is 0 Å². The van der Waals surface area contributed by atoms with Gasteiger partial charge in [0.2, 0.25) is 10.0 Å². The molecule has 3 rings (SSSR count). The van der Waals surface area contributed by atoms with E-state index < -0.39 is 10.0 Å². The first kappa shape index (κ1) is 18.5. The van der Waals surface area contributed by atoms with Gasteiger partial charge in [-0.15, -0.1) is 0 Å². The zero-order valence-electron chi connectivity index (χ0n) is 14.6. The van der Waals surface area contributed by atoms with Crippen molar-refractivity contribution >= 4 is 38.9 Å². The van der Waals surface area contributed by atoms with E-state index in [0.29, 0.717) is 34.1 Å². The standard InChI is InChI=1S/C18H19ClN2O4S/c1-11-8-13-9-12(4-6-16(13)21(11)26(3,23)24)18(22)20-15-10-14(19)5-7-17(15)25-2/h4-7,9-11H,8H2,1-3H3,(H,20,22)/t11-/m0/s1. The van der Waals surface area contributed by atoms with Crippen LogP contribution in [0.25, 0.3) is 0 Å². The lowest BCUT2D eigenvalue weighted by Crippen LogP contribution is -2.34. The molecule has 1 aliphatic heterocycles. The molecule has 138 valence electrons. The van der Waals surface area contributed by atoms with Gasteiger partial charge in [0.25, 0.3) is 5.91 Å². The van der Waals surface area contributed by atoms with Gasteiger partial charge in [0, 0.05) is 16.6 Å². The van der Waals surface area contributed by atoms with E-state index in [-0.39, 0.29) is 11.9 Å². The van der Waals surface area contributed by atoms with Crippen LogP contribution < -0.4 is 14.4 Å². The third-order valence-electron chi connectivity index (χ3n) is 4.26. The highest BCUT2D eigenvalue weighted by Crippen LogP contribution is 2.35. The molecule has 1 aliphatic rings. The fourth-order valence-corrected chi connectivity index (χ4v) is 4.66. The molecule has 0 fully saturated rings. The Morgan fingerprint density at radius 1 is 1.27 bits per heavy atom. The van der Waals surface area contributed by atoms with Gasteiger partial charge in [0.15, 0.2) is 0 Å². The second-order valence-corrected chi connectivity index (χ2v) is 8.55. The normalized spacial score (nSPS) is 16.3. The molecule has 26 heavy (non-hydrogen) atoms. The van der Waals surface area contributed by atoms with Gasteiger partial charge in [0.05, 0.1) is 24.7 Å². The van der Waals surface area contributed by atoms with Crippen LogP contribution in [0.2, 0.25) is 5.02 Å². The van der Waals surface area contributed by atoms with Crippen LogP contribution >= 0.6 is 11.6 Å². The van der Waals surface area contributed by atoms with E-state index in [1.165, 1.54) is 17.7 Å². The van der Waals surface area contributed by atoms with Crippen molar-refractivity contribution in [1.82, 2.24) is 0 Å². The number of ether oxygens (including phenoxy) is 1. The molecule has 1 atom stereocenters. The number of rotatable bonds is 4. The smallest absolute Gasteiger partial charge is 0.255 e. The van der Waals surface area contributed by atoms with Gasteiger partial charge in [-0.1, -0.05) is 11.6 Å². The minimum atomic E-state index is -3.36. The molecular weight excluding hydrogens is 376 g/mol. The first-order valence-corrected chi connectivity index (χ1v) is 10.2. The molecule has 0 unspecified atom stereocenters. The molecule has 2 aromatic rings. The largest absolute Gasteiger partial charge is 0.495 e. The molecule has 0 saturated heterocycles. The molecule has 1 amide bonds. The van der Waals surface area contributed by atoms with Crippen LogP contribution in [0.5, 0.6) is 5.75 Å². The van der Waals surface area contributed by atoms with E-state index in [4.69, 9.17) is 16.3 Å². The number of carbonyl (C=O) groups excluding carboxylic acids is 1. The Labute approximate surface area is 157 Å². The van der Waals surface area contributed by atoms with Crippen LogP contribution in [0.15, 0.2) is 36.4 Å². The van der Waals surface area contributed by atoms with Gasteiger partial charge in [0.1, 0.15) is 5.75 Å². The summed E-state index contributed by atoms with van der Waals surface area (Å²) in [4.78, 5) is 12.6. The van der Waals surface area contributed by atoms with Crippen LogP contribution in [0.4, 0.5) is 11.4 Å². The summed E-state index contributed by atoms with van der Waals surface area (Å²) in [6.07, 6.45) is 1.74. The number of methoxy groups -OCH3 is 1. The Kier molecular flexibility index (Phi) is 4.86. The second kappa shape index (κ2) is 6.81. The molecular formula is C18H19ClN2O4S. The number of hydrogen-bond donors (Lipinski definition) is 1. The van der Waals surface area contributed by atoms with Gasteiger partial charge in [-0.2, -0.15) is 0 Å². The van der Waals surface area contributed by atoms with Crippen LogP contribution in [0, 0.1) is 0 Å². The summed E-state index contributed by atoms with van der Waals surface area (Å²) >= 11 is 5.99. The maximum atomic E-state index is 12.6. The Balaban J connectivity index is 1.90. The number of nitrogens with zero attached hydrogens (tertiary/aromatic N) is 1. The van der Waals surface area contributed by atoms with E-state index in [1.807, 2.05) is 6.92 Å². The molecule has 8 heteroatoms. The Bertz CT molecular complexity index is 975. The second-order valence-electron chi connectivity index (χ2n) is 6.25. The highest BCUT2D eigenvalue weighted by molar-refractivity contribution is 7.92. The van der Waals surface area contributed by atoms with E-state index in [1.54, 1.807) is 36.4 Å². The van der Waals surface area contributed by atoms with Crippen LogP contribution in [-0.4, -0.2) is 33.7 Å². The number of nitrogens with one attached hydrogen (secondary N) is 1. The fraction of sp³-hybridized carbons (Fsp3) is 0.278. The fourth-order valence-electron chi connectivity index (χ4n) is 3.22. The van der Waals surface area contributed by atoms with Crippen molar-refractivity contribution in [3.05, 3.63) is 52.5 Å². The highest BCUT2D eigenvalue weighted by atomic mass is 35.5. The molecule has 6 nitrogen and oxygen atoms in total. The number of sulfonamides is 1. The van der Waals surface area contributed by atoms with Crippen molar-refractivity contribution < 1.29 is 17.9 Å². The molecule has 0 spiro atoms. The summed E-state index contributed by atoms with van der Waals surface area (Å²) in [6, 6.07) is 9.79. The van der Waals surface area contributed by atoms with Crippen molar-refractivity contribution in [1.29, 1.82) is 0 Å². The summed E-state index contributed by atoms with van der Waals surface area (Å²) in [5, 5.41) is 3.26. The van der Waals surface area contributed by atoms with Crippen LogP contribution in [0.3, 0.4) is 0 Å². The molecule has 0 bridgehead atoms. The average Bonchev–Trinajstić information content (AvgIpc) is 2.89. The average molecular weight is 395 g/mol. The number of carbonyl (C=O) groups is 1. The number of benzene rings is 2. The molecule has 0 radical (unpaired) electrons. The SMILES string of the molecule is COc1ccc(Cl)cc1NC(=O)c1ccc2c(c1)C[C@H](C)N2S(C)(=O)=O. The van der Waals surface area contributed by atoms with Gasteiger partial charge in [-0.3, -0.25) is 9.10 Å². The van der Waals surface area contributed by atoms with Gasteiger partial charge in [-0.25, -0.2) is 8.42 Å². The first-order chi connectivity index (χ1) is 12.2. The Morgan fingerprint density at radius 3 is 2.65 bits per heavy atom. The molecule has 0 saturated carbocycles. The third-order valence-corrected chi connectivity index (χ3v) is 5.77.